The van der Waals surface area contributed by atoms with Gasteiger partial charge in [-0.25, -0.2) is 0 Å². The molecule has 2 saturated heterocycles. The monoisotopic (exact) mass is 416 g/mol. The highest BCUT2D eigenvalue weighted by Crippen LogP contribution is 2.34. The number of hydrogen-bond acceptors (Lipinski definition) is 4. The molecule has 166 valence electrons. The first-order valence-corrected chi connectivity index (χ1v) is 12.3. The Balaban J connectivity index is 1.21. The van der Waals surface area contributed by atoms with Crippen LogP contribution in [-0.2, 0) is 19.2 Å². The summed E-state index contributed by atoms with van der Waals surface area (Å²) in [6, 6.07) is 0.244. The van der Waals surface area contributed by atoms with Gasteiger partial charge in [-0.2, -0.15) is 0 Å². The summed E-state index contributed by atoms with van der Waals surface area (Å²) < 4.78 is 0. The number of carbonyl (C=O) groups is 4. The van der Waals surface area contributed by atoms with E-state index in [0.29, 0.717) is 12.8 Å². The van der Waals surface area contributed by atoms with Crippen LogP contribution in [0, 0.1) is 11.8 Å². The summed E-state index contributed by atoms with van der Waals surface area (Å²) in [5, 5.41) is 0. The Hall–Kier alpha value is -1.72. The molecular weight excluding hydrogens is 380 g/mol. The maximum absolute atomic E-state index is 12.8. The van der Waals surface area contributed by atoms with Crippen molar-refractivity contribution in [3.8, 4) is 0 Å². The van der Waals surface area contributed by atoms with Crippen LogP contribution < -0.4 is 0 Å². The molecule has 2 aliphatic heterocycles. The molecule has 0 radical (unpaired) electrons. The lowest BCUT2D eigenvalue weighted by Crippen LogP contribution is -2.41. The van der Waals surface area contributed by atoms with E-state index in [9.17, 15) is 19.2 Å². The lowest BCUT2D eigenvalue weighted by atomic mass is 9.93. The summed E-state index contributed by atoms with van der Waals surface area (Å²) in [5.74, 6) is -0.281. The number of unbranched alkanes of at least 4 members (excludes halogenated alkanes) is 1. The largest absolute Gasteiger partial charge is 0.279 e. The van der Waals surface area contributed by atoms with Gasteiger partial charge in [0.2, 0.25) is 23.6 Å². The zero-order valence-electron chi connectivity index (χ0n) is 18.2. The van der Waals surface area contributed by atoms with Crippen LogP contribution in [0.5, 0.6) is 0 Å². The average molecular weight is 417 g/mol. The molecule has 4 fully saturated rings. The quantitative estimate of drug-likeness (QED) is 0.465. The van der Waals surface area contributed by atoms with E-state index in [1.165, 1.54) is 12.8 Å². The number of amides is 4. The van der Waals surface area contributed by atoms with E-state index in [4.69, 9.17) is 0 Å². The second-order valence-electron chi connectivity index (χ2n) is 9.87. The number of carbonyl (C=O) groups excluding carboxylic acids is 4. The first kappa shape index (κ1) is 21.5. The van der Waals surface area contributed by atoms with E-state index in [1.54, 1.807) is 9.80 Å². The molecule has 6 heteroatoms. The van der Waals surface area contributed by atoms with E-state index in [1.807, 2.05) is 0 Å². The number of imide groups is 2. The van der Waals surface area contributed by atoms with Gasteiger partial charge >= 0.3 is 0 Å². The average Bonchev–Trinajstić information content (AvgIpc) is 3.20. The fourth-order valence-corrected chi connectivity index (χ4v) is 6.11. The first-order valence-electron chi connectivity index (χ1n) is 12.3. The Kier molecular flexibility index (Phi) is 6.89. The summed E-state index contributed by atoms with van der Waals surface area (Å²) in [4.78, 5) is 53.5. The van der Waals surface area contributed by atoms with Crippen LogP contribution >= 0.6 is 0 Å². The minimum atomic E-state index is -0.181. The van der Waals surface area contributed by atoms with E-state index < -0.39 is 0 Å². The van der Waals surface area contributed by atoms with Gasteiger partial charge in [-0.15, -0.1) is 0 Å². The van der Waals surface area contributed by atoms with Gasteiger partial charge < -0.3 is 0 Å². The fraction of sp³-hybridized carbons (Fsp3) is 0.833. The lowest BCUT2D eigenvalue weighted by molar-refractivity contribution is -0.144. The molecule has 0 spiro atoms. The van der Waals surface area contributed by atoms with Crippen LogP contribution in [0.25, 0.3) is 0 Å². The third-order valence-electron chi connectivity index (χ3n) is 7.79. The predicted molar refractivity (Wildman–Crippen MR) is 112 cm³/mol. The normalized spacial score (nSPS) is 29.5. The Labute approximate surface area is 179 Å². The van der Waals surface area contributed by atoms with Crippen molar-refractivity contribution in [1.29, 1.82) is 0 Å². The van der Waals surface area contributed by atoms with Crippen LogP contribution in [0.3, 0.4) is 0 Å². The van der Waals surface area contributed by atoms with Gasteiger partial charge in [0.25, 0.3) is 0 Å². The van der Waals surface area contributed by atoms with Crippen molar-refractivity contribution < 1.29 is 19.2 Å². The molecule has 2 saturated carbocycles. The maximum atomic E-state index is 12.8. The third-order valence-corrected chi connectivity index (χ3v) is 7.79. The summed E-state index contributed by atoms with van der Waals surface area (Å²) >= 11 is 0. The van der Waals surface area contributed by atoms with Crippen LogP contribution in [0.4, 0.5) is 0 Å². The van der Waals surface area contributed by atoms with Gasteiger partial charge in [-0.1, -0.05) is 51.4 Å². The molecule has 2 aliphatic carbocycles. The molecule has 4 aliphatic rings. The topological polar surface area (TPSA) is 74.8 Å². The summed E-state index contributed by atoms with van der Waals surface area (Å²) in [7, 11) is 0. The molecule has 4 rings (SSSR count). The minimum Gasteiger partial charge on any atom is -0.279 e. The van der Waals surface area contributed by atoms with Crippen LogP contribution in [-0.4, -0.2) is 45.5 Å². The van der Waals surface area contributed by atoms with Crippen LogP contribution in [0.15, 0.2) is 0 Å². The number of nitrogens with zero attached hydrogens (tertiary/aromatic N) is 2. The van der Waals surface area contributed by atoms with Gasteiger partial charge in [0.1, 0.15) is 0 Å². The first-order chi connectivity index (χ1) is 14.6. The summed E-state index contributed by atoms with van der Waals surface area (Å²) in [6.07, 6.45) is 14.5. The molecular formula is C24H36N2O4. The molecule has 6 nitrogen and oxygen atoms in total. The highest BCUT2D eigenvalue weighted by molar-refractivity contribution is 6.04. The van der Waals surface area contributed by atoms with Crippen molar-refractivity contribution in [1.82, 2.24) is 9.80 Å². The highest BCUT2D eigenvalue weighted by Gasteiger charge is 2.43. The zero-order valence-corrected chi connectivity index (χ0v) is 18.2. The van der Waals surface area contributed by atoms with E-state index >= 15 is 0 Å². The molecule has 30 heavy (non-hydrogen) atoms. The second kappa shape index (κ2) is 9.61. The molecule has 0 aromatic rings. The molecule has 0 aromatic heterocycles. The maximum Gasteiger partial charge on any atom is 0.233 e. The summed E-state index contributed by atoms with van der Waals surface area (Å²) in [6.45, 7) is 0. The van der Waals surface area contributed by atoms with Gasteiger partial charge in [0, 0.05) is 36.8 Å². The highest BCUT2D eigenvalue weighted by atomic mass is 16.2. The molecule has 2 heterocycles. The van der Waals surface area contributed by atoms with Crippen molar-refractivity contribution in [3.63, 3.8) is 0 Å². The Bertz CT molecular complexity index is 621. The Morgan fingerprint density at radius 2 is 0.933 bits per heavy atom. The molecule has 2 atom stereocenters. The van der Waals surface area contributed by atoms with Crippen LogP contribution in [0.1, 0.15) is 103 Å². The summed E-state index contributed by atoms with van der Waals surface area (Å²) in [5.41, 5.74) is 0. The van der Waals surface area contributed by atoms with E-state index in [2.05, 4.69) is 0 Å². The van der Waals surface area contributed by atoms with Gasteiger partial charge in [-0.3, -0.25) is 29.0 Å². The standard InChI is InChI=1S/C24H36N2O4/c27-21-15-17(23(29)25(21)19-11-3-1-4-12-19)9-7-8-10-18-16-22(28)26(24(18)30)20-13-5-2-6-14-20/h17-20H,1-16H2. The lowest BCUT2D eigenvalue weighted by Gasteiger charge is -2.29. The van der Waals surface area contributed by atoms with Gasteiger partial charge in [-0.05, 0) is 38.5 Å². The second-order valence-corrected chi connectivity index (χ2v) is 9.87. The van der Waals surface area contributed by atoms with Crippen molar-refractivity contribution in [2.24, 2.45) is 11.8 Å². The van der Waals surface area contributed by atoms with Crippen molar-refractivity contribution in [3.05, 3.63) is 0 Å². The number of hydrogen-bond donors (Lipinski definition) is 0. The fourth-order valence-electron chi connectivity index (χ4n) is 6.11. The number of rotatable bonds is 7. The van der Waals surface area contributed by atoms with Crippen molar-refractivity contribution in [2.75, 3.05) is 0 Å². The van der Waals surface area contributed by atoms with Gasteiger partial charge in [0.05, 0.1) is 0 Å². The van der Waals surface area contributed by atoms with Crippen molar-refractivity contribution >= 4 is 23.6 Å². The predicted octanol–water partition coefficient (Wildman–Crippen LogP) is 3.96. The molecule has 0 N–H and O–H groups in total. The molecule has 2 unspecified atom stereocenters. The van der Waals surface area contributed by atoms with Crippen molar-refractivity contribution in [2.45, 2.75) is 115 Å². The van der Waals surface area contributed by atoms with Crippen LogP contribution in [0.2, 0.25) is 0 Å². The third kappa shape index (κ3) is 4.47. The minimum absolute atomic E-state index is 0.0107. The smallest absolute Gasteiger partial charge is 0.233 e. The molecule has 4 amide bonds. The SMILES string of the molecule is O=C1CC(CCCCC2CC(=O)N(C3CCCCC3)C2=O)C(=O)N1C1CCCCC1. The molecule has 0 bridgehead atoms. The Morgan fingerprint density at radius 1 is 0.567 bits per heavy atom. The Morgan fingerprint density at radius 3 is 1.30 bits per heavy atom. The zero-order chi connectivity index (χ0) is 21.1. The molecule has 0 aromatic carbocycles. The van der Waals surface area contributed by atoms with E-state index in [0.717, 1.165) is 77.0 Å². The van der Waals surface area contributed by atoms with E-state index in [-0.39, 0.29) is 47.5 Å². The van der Waals surface area contributed by atoms with Gasteiger partial charge in [0.15, 0.2) is 0 Å². The number of likely N-dealkylation sites (tertiary alicyclic amines) is 2.